The van der Waals surface area contributed by atoms with Gasteiger partial charge in [-0.2, -0.15) is 0 Å². The van der Waals surface area contributed by atoms with Gasteiger partial charge in [-0.3, -0.25) is 28.8 Å². The van der Waals surface area contributed by atoms with Crippen molar-refractivity contribution in [2.75, 3.05) is 0 Å². The Morgan fingerprint density at radius 1 is 0.208 bits per heavy atom. The maximum Gasteiger partial charge on any atom is 0.234 e. The second-order valence-corrected chi connectivity index (χ2v) is 12.1. The summed E-state index contributed by atoms with van der Waals surface area (Å²) in [4.78, 5) is 78.7. The molecule has 224 valence electrons. The summed E-state index contributed by atoms with van der Waals surface area (Å²) in [5, 5.41) is 0. The summed E-state index contributed by atoms with van der Waals surface area (Å²) in [6.07, 6.45) is 0. The highest BCUT2D eigenvalue weighted by Crippen LogP contribution is 2.41. The molecule has 0 atom stereocenters. The highest BCUT2D eigenvalue weighted by Gasteiger charge is 2.34. The van der Waals surface area contributed by atoms with Gasteiger partial charge in [0.05, 0.1) is 0 Å². The molecule has 0 bridgehead atoms. The summed E-state index contributed by atoms with van der Waals surface area (Å²) >= 11 is 0. The van der Waals surface area contributed by atoms with Crippen LogP contribution in [0.2, 0.25) is 0 Å². The number of hydrogen-bond acceptors (Lipinski definition) is 6. The van der Waals surface area contributed by atoms with Gasteiger partial charge in [0, 0.05) is 33.4 Å². The third-order valence-corrected chi connectivity index (χ3v) is 9.56. The monoisotopic (exact) mass is 620 g/mol. The Morgan fingerprint density at radius 2 is 0.417 bits per heavy atom. The van der Waals surface area contributed by atoms with Crippen LogP contribution >= 0.6 is 0 Å². The van der Waals surface area contributed by atoms with E-state index in [2.05, 4.69) is 0 Å². The lowest BCUT2D eigenvalue weighted by Gasteiger charge is -2.21. The first-order chi connectivity index (χ1) is 23.3. The van der Waals surface area contributed by atoms with Gasteiger partial charge in [0.15, 0.2) is 0 Å². The molecule has 0 aliphatic heterocycles. The van der Waals surface area contributed by atoms with E-state index in [0.29, 0.717) is 77.9 Å². The quantitative estimate of drug-likeness (QED) is 0.181. The van der Waals surface area contributed by atoms with Gasteiger partial charge < -0.3 is 0 Å². The second kappa shape index (κ2) is 9.92. The Labute approximate surface area is 273 Å². The van der Waals surface area contributed by atoms with Gasteiger partial charge in [-0.15, -0.1) is 0 Å². The van der Waals surface area contributed by atoms with Crippen LogP contribution in [0.5, 0.6) is 0 Å². The minimum atomic E-state index is -0.655. The summed E-state index contributed by atoms with van der Waals surface area (Å²) in [7, 11) is 0. The van der Waals surface area contributed by atoms with E-state index in [1.165, 1.54) is 0 Å². The summed E-state index contributed by atoms with van der Waals surface area (Å²) in [5.41, 5.74) is 8.35. The van der Waals surface area contributed by atoms with E-state index >= 15 is 0 Å². The van der Waals surface area contributed by atoms with E-state index in [0.717, 1.165) is 0 Å². The molecule has 3 aliphatic rings. The number of Topliss-reactive ketones (excluding diaryl/α,β-unsaturated/α-hetero) is 6. The molecule has 0 radical (unpaired) electrons. The van der Waals surface area contributed by atoms with Crippen LogP contribution < -0.4 is 0 Å². The zero-order valence-corrected chi connectivity index (χ0v) is 25.0. The molecule has 0 fully saturated rings. The molecule has 0 saturated heterocycles. The number of benzene rings is 6. The van der Waals surface area contributed by atoms with Crippen LogP contribution in [0.1, 0.15) is 62.1 Å². The minimum absolute atomic E-state index is 0.250. The van der Waals surface area contributed by atoms with E-state index in [4.69, 9.17) is 0 Å². The molecule has 6 heteroatoms. The van der Waals surface area contributed by atoms with Gasteiger partial charge in [0.25, 0.3) is 0 Å². The van der Waals surface area contributed by atoms with Crippen LogP contribution in [-0.4, -0.2) is 34.7 Å². The molecular formula is C42H20O6. The van der Waals surface area contributed by atoms with Crippen molar-refractivity contribution in [1.29, 1.82) is 0 Å². The van der Waals surface area contributed by atoms with E-state index in [-0.39, 0.29) is 11.1 Å². The minimum Gasteiger partial charge on any atom is -0.285 e. The fourth-order valence-electron chi connectivity index (χ4n) is 7.15. The topological polar surface area (TPSA) is 102 Å². The fourth-order valence-corrected chi connectivity index (χ4v) is 7.15. The molecule has 0 N–H and O–H groups in total. The van der Waals surface area contributed by atoms with Gasteiger partial charge in [-0.05, 0) is 79.9 Å². The molecule has 0 aromatic heterocycles. The van der Waals surface area contributed by atoms with Gasteiger partial charge in [-0.25, -0.2) is 0 Å². The standard InChI is InChI=1S/C42H20O6/c43-37-31-7-3-1-5-25(31)27-13-9-21(17-33(27)39(37)45)23-11-15-29-30-16-12-24(20-36(30)42(48)41(47)35(29)19-23)22-10-14-28-26-6-2-4-8-32(26)38(44)40(46)34(28)18-22/h1-20H. The lowest BCUT2D eigenvalue weighted by molar-refractivity contribution is 0.0815. The number of carbonyl (C=O) groups is 6. The van der Waals surface area contributed by atoms with Gasteiger partial charge in [-0.1, -0.05) is 97.1 Å². The number of ketones is 6. The molecule has 6 aromatic rings. The van der Waals surface area contributed by atoms with E-state index in [1.54, 1.807) is 72.8 Å². The first-order valence-electron chi connectivity index (χ1n) is 15.3. The highest BCUT2D eigenvalue weighted by molar-refractivity contribution is 6.54. The Morgan fingerprint density at radius 3 is 0.688 bits per heavy atom. The molecular weight excluding hydrogens is 600 g/mol. The third-order valence-electron chi connectivity index (χ3n) is 9.56. The van der Waals surface area contributed by atoms with Crippen molar-refractivity contribution >= 4 is 34.7 Å². The van der Waals surface area contributed by atoms with Crippen molar-refractivity contribution in [1.82, 2.24) is 0 Å². The average molecular weight is 621 g/mol. The van der Waals surface area contributed by atoms with Gasteiger partial charge >= 0.3 is 0 Å². The smallest absolute Gasteiger partial charge is 0.234 e. The van der Waals surface area contributed by atoms with Crippen LogP contribution in [0.3, 0.4) is 0 Å². The fraction of sp³-hybridized carbons (Fsp3) is 0. The summed E-state index contributed by atoms with van der Waals surface area (Å²) in [6, 6.07) is 35.2. The van der Waals surface area contributed by atoms with Crippen molar-refractivity contribution in [3.05, 3.63) is 155 Å². The van der Waals surface area contributed by atoms with Gasteiger partial charge in [0.1, 0.15) is 0 Å². The predicted molar refractivity (Wildman–Crippen MR) is 180 cm³/mol. The highest BCUT2D eigenvalue weighted by atomic mass is 16.2. The Balaban J connectivity index is 1.10. The van der Waals surface area contributed by atoms with Crippen LogP contribution in [0, 0.1) is 0 Å². The lowest BCUT2D eigenvalue weighted by atomic mass is 9.80. The molecule has 0 saturated carbocycles. The molecule has 9 rings (SSSR count). The average Bonchev–Trinajstić information content (AvgIpc) is 3.14. The second-order valence-electron chi connectivity index (χ2n) is 12.1. The summed E-state index contributed by atoms with van der Waals surface area (Å²) in [5.74, 6) is -3.59. The van der Waals surface area contributed by atoms with Crippen molar-refractivity contribution < 1.29 is 28.8 Å². The third kappa shape index (κ3) is 3.80. The van der Waals surface area contributed by atoms with Crippen molar-refractivity contribution in [2.24, 2.45) is 0 Å². The molecule has 6 nitrogen and oxygen atoms in total. The summed E-state index contributed by atoms with van der Waals surface area (Å²) in [6.45, 7) is 0. The first-order valence-corrected chi connectivity index (χ1v) is 15.3. The molecule has 0 unspecified atom stereocenters. The van der Waals surface area contributed by atoms with Crippen LogP contribution in [0.4, 0.5) is 0 Å². The van der Waals surface area contributed by atoms with E-state index in [1.807, 2.05) is 48.5 Å². The number of rotatable bonds is 2. The van der Waals surface area contributed by atoms with Gasteiger partial charge in [0.2, 0.25) is 34.7 Å². The van der Waals surface area contributed by atoms with Crippen LogP contribution in [0.25, 0.3) is 55.6 Å². The molecule has 0 spiro atoms. The first kappa shape index (κ1) is 27.6. The Kier molecular flexibility index (Phi) is 5.71. The Hall–Kier alpha value is -6.66. The SMILES string of the molecule is O=C1C(=O)c2cc(-c3ccc4c(c3)C(=O)C(=O)c3cc(-c5ccc6c(c5)C(=O)C(=O)c5ccccc5-6)ccc3-4)ccc2-c2ccccc21. The molecule has 0 amide bonds. The van der Waals surface area contributed by atoms with Crippen LogP contribution in [-0.2, 0) is 0 Å². The van der Waals surface area contributed by atoms with Crippen molar-refractivity contribution in [3.8, 4) is 55.6 Å². The molecule has 6 aromatic carbocycles. The maximum atomic E-state index is 13.5. The molecule has 3 aliphatic carbocycles. The molecule has 0 heterocycles. The van der Waals surface area contributed by atoms with E-state index < -0.39 is 34.7 Å². The number of carbonyl (C=O) groups excluding carboxylic acids is 6. The lowest BCUT2D eigenvalue weighted by Crippen LogP contribution is -2.22. The zero-order chi connectivity index (χ0) is 32.8. The maximum absolute atomic E-state index is 13.5. The zero-order valence-electron chi connectivity index (χ0n) is 25.0. The van der Waals surface area contributed by atoms with Crippen molar-refractivity contribution in [3.63, 3.8) is 0 Å². The normalized spacial score (nSPS) is 14.1. The van der Waals surface area contributed by atoms with Crippen LogP contribution in [0.15, 0.2) is 121 Å². The number of hydrogen-bond donors (Lipinski definition) is 0. The number of fused-ring (bicyclic) bond motifs is 9. The van der Waals surface area contributed by atoms with E-state index in [9.17, 15) is 28.8 Å². The largest absolute Gasteiger partial charge is 0.285 e. The van der Waals surface area contributed by atoms with Crippen molar-refractivity contribution in [2.45, 2.75) is 0 Å². The molecule has 48 heavy (non-hydrogen) atoms. The summed E-state index contributed by atoms with van der Waals surface area (Å²) < 4.78 is 0. The Bertz CT molecular complexity index is 2390. The predicted octanol–water partition coefficient (Wildman–Crippen LogP) is 8.16.